The van der Waals surface area contributed by atoms with Crippen molar-refractivity contribution in [2.45, 2.75) is 35.9 Å². The first-order valence-electron chi connectivity index (χ1n) is 7.79. The van der Waals surface area contributed by atoms with Crippen molar-refractivity contribution in [2.24, 2.45) is 5.14 Å². The predicted molar refractivity (Wildman–Crippen MR) is 104 cm³/mol. The van der Waals surface area contributed by atoms with Crippen LogP contribution in [0.3, 0.4) is 0 Å². The summed E-state index contributed by atoms with van der Waals surface area (Å²) in [6, 6.07) is 9.66. The van der Waals surface area contributed by atoms with Gasteiger partial charge in [-0.15, -0.1) is 10.1 Å². The van der Waals surface area contributed by atoms with E-state index in [1.54, 1.807) is 0 Å². The second-order valence-corrected chi connectivity index (χ2v) is 7.59. The standard InChI is InChI=1S/C16H17ClN4O3S2/c1-2-9-3-10(8-24-21(22)23)5-11(4-9)16-19-13-6-12(17)14(25-18)7-15(13)26-20-16/h3-7,16,19-20H,2,8,18H2,1H3. The number of halogens is 1. The maximum absolute atomic E-state index is 10.5. The third-order valence-electron chi connectivity index (χ3n) is 3.90. The zero-order valence-electron chi connectivity index (χ0n) is 13.8. The molecule has 0 aromatic heterocycles. The van der Waals surface area contributed by atoms with Gasteiger partial charge in [0.15, 0.2) is 0 Å². The third kappa shape index (κ3) is 4.36. The molecule has 1 atom stereocenters. The van der Waals surface area contributed by atoms with E-state index >= 15 is 0 Å². The molecule has 0 saturated heterocycles. The fourth-order valence-electron chi connectivity index (χ4n) is 2.65. The van der Waals surface area contributed by atoms with Crippen molar-refractivity contribution >= 4 is 41.2 Å². The van der Waals surface area contributed by atoms with E-state index in [9.17, 15) is 10.1 Å². The van der Waals surface area contributed by atoms with E-state index in [1.165, 1.54) is 11.9 Å². The summed E-state index contributed by atoms with van der Waals surface area (Å²) in [5, 5.41) is 19.3. The molecule has 0 spiro atoms. The molecule has 0 fully saturated rings. The minimum atomic E-state index is -0.781. The second kappa shape index (κ2) is 8.36. The Bertz CT molecular complexity index is 837. The van der Waals surface area contributed by atoms with Crippen LogP contribution in [0.15, 0.2) is 40.1 Å². The topological polar surface area (TPSA) is 102 Å². The van der Waals surface area contributed by atoms with Crippen LogP contribution in [0.1, 0.15) is 29.8 Å². The smallest absolute Gasteiger partial charge is 0.294 e. The van der Waals surface area contributed by atoms with Crippen LogP contribution in [0.2, 0.25) is 5.02 Å². The number of nitrogens with two attached hydrogens (primary N) is 1. The van der Waals surface area contributed by atoms with Gasteiger partial charge >= 0.3 is 0 Å². The van der Waals surface area contributed by atoms with E-state index < -0.39 is 5.09 Å². The van der Waals surface area contributed by atoms with Crippen molar-refractivity contribution in [1.82, 2.24) is 4.72 Å². The van der Waals surface area contributed by atoms with E-state index in [1.807, 2.05) is 31.2 Å². The molecule has 2 aromatic carbocycles. The Hall–Kier alpha value is -1.65. The molecular formula is C16H17ClN4O3S2. The summed E-state index contributed by atoms with van der Waals surface area (Å²) >= 11 is 8.85. The Morgan fingerprint density at radius 2 is 2.12 bits per heavy atom. The Morgan fingerprint density at radius 3 is 2.81 bits per heavy atom. The van der Waals surface area contributed by atoms with Gasteiger partial charge in [-0.25, -0.2) is 4.72 Å². The number of hydrogen-bond acceptors (Lipinski definition) is 8. The molecule has 1 aliphatic rings. The van der Waals surface area contributed by atoms with Gasteiger partial charge in [0.1, 0.15) is 12.8 Å². The molecule has 1 unspecified atom stereocenters. The maximum Gasteiger partial charge on any atom is 0.294 e. The molecule has 1 aliphatic heterocycles. The number of nitrogens with zero attached hydrogens (tertiary/aromatic N) is 1. The van der Waals surface area contributed by atoms with Crippen molar-refractivity contribution in [2.75, 3.05) is 5.32 Å². The number of nitrogens with one attached hydrogen (secondary N) is 2. The predicted octanol–water partition coefficient (Wildman–Crippen LogP) is 4.30. The minimum Gasteiger partial charge on any atom is -0.364 e. The summed E-state index contributed by atoms with van der Waals surface area (Å²) in [7, 11) is 0. The highest BCUT2D eigenvalue weighted by atomic mass is 35.5. The number of aryl methyl sites for hydroxylation is 1. The summed E-state index contributed by atoms with van der Waals surface area (Å²) in [6.45, 7) is 1.96. The molecule has 1 heterocycles. The molecule has 26 heavy (non-hydrogen) atoms. The Labute approximate surface area is 164 Å². The fourth-order valence-corrected chi connectivity index (χ4v) is 4.23. The van der Waals surface area contributed by atoms with Crippen LogP contribution in [-0.4, -0.2) is 5.09 Å². The molecule has 0 bridgehead atoms. The van der Waals surface area contributed by atoms with Crippen LogP contribution in [0, 0.1) is 10.1 Å². The average molecular weight is 413 g/mol. The van der Waals surface area contributed by atoms with Crippen LogP contribution >= 0.6 is 35.5 Å². The van der Waals surface area contributed by atoms with Crippen molar-refractivity contribution in [3.8, 4) is 0 Å². The molecule has 138 valence electrons. The molecule has 4 N–H and O–H groups in total. The summed E-state index contributed by atoms with van der Waals surface area (Å²) in [5.74, 6) is 0. The van der Waals surface area contributed by atoms with Crippen LogP contribution in [0.25, 0.3) is 0 Å². The summed E-state index contributed by atoms with van der Waals surface area (Å²) < 4.78 is 3.34. The largest absolute Gasteiger partial charge is 0.364 e. The lowest BCUT2D eigenvalue weighted by molar-refractivity contribution is -0.763. The highest BCUT2D eigenvalue weighted by molar-refractivity contribution is 7.98. The molecule has 0 aliphatic carbocycles. The summed E-state index contributed by atoms with van der Waals surface area (Å²) in [5.41, 5.74) is 3.71. The third-order valence-corrected chi connectivity index (χ3v) is 5.83. The van der Waals surface area contributed by atoms with Crippen molar-refractivity contribution in [1.29, 1.82) is 0 Å². The molecule has 10 heteroatoms. The van der Waals surface area contributed by atoms with Crippen LogP contribution in [-0.2, 0) is 17.9 Å². The van der Waals surface area contributed by atoms with Gasteiger partial charge in [-0.1, -0.05) is 36.7 Å². The quantitative estimate of drug-likeness (QED) is 0.366. The van der Waals surface area contributed by atoms with E-state index in [4.69, 9.17) is 16.7 Å². The van der Waals surface area contributed by atoms with Crippen molar-refractivity contribution in [3.05, 3.63) is 62.2 Å². The van der Waals surface area contributed by atoms with E-state index in [0.717, 1.165) is 50.5 Å². The lowest BCUT2D eigenvalue weighted by Gasteiger charge is -2.29. The second-order valence-electron chi connectivity index (χ2n) is 5.63. The number of anilines is 1. The van der Waals surface area contributed by atoms with Gasteiger partial charge in [0.2, 0.25) is 0 Å². The van der Waals surface area contributed by atoms with Gasteiger partial charge < -0.3 is 10.2 Å². The first kappa shape index (κ1) is 19.1. The minimum absolute atomic E-state index is 0.0762. The molecular weight excluding hydrogens is 396 g/mol. The molecule has 0 saturated carbocycles. The monoisotopic (exact) mass is 412 g/mol. The van der Waals surface area contributed by atoms with Crippen LogP contribution in [0.4, 0.5) is 5.69 Å². The first-order chi connectivity index (χ1) is 12.5. The first-order valence-corrected chi connectivity index (χ1v) is 9.86. The molecule has 3 rings (SSSR count). The van der Waals surface area contributed by atoms with Gasteiger partial charge in [-0.3, -0.25) is 5.14 Å². The highest BCUT2D eigenvalue weighted by Crippen LogP contribution is 2.40. The summed E-state index contributed by atoms with van der Waals surface area (Å²) in [4.78, 5) is 16.8. The van der Waals surface area contributed by atoms with Crippen molar-refractivity contribution < 1.29 is 9.92 Å². The van der Waals surface area contributed by atoms with Crippen LogP contribution in [0.5, 0.6) is 0 Å². The van der Waals surface area contributed by atoms with Gasteiger partial charge in [0.25, 0.3) is 5.09 Å². The normalized spacial score (nSPS) is 15.9. The van der Waals surface area contributed by atoms with Crippen molar-refractivity contribution in [3.63, 3.8) is 0 Å². The van der Waals surface area contributed by atoms with Crippen LogP contribution < -0.4 is 15.2 Å². The average Bonchev–Trinajstić information content (AvgIpc) is 2.65. The van der Waals surface area contributed by atoms with Gasteiger partial charge in [0.05, 0.1) is 10.7 Å². The van der Waals surface area contributed by atoms with Gasteiger partial charge in [-0.05, 0) is 59.1 Å². The van der Waals surface area contributed by atoms with Gasteiger partial charge in [-0.2, -0.15) is 0 Å². The Balaban J connectivity index is 1.86. The number of rotatable bonds is 6. The Kier molecular flexibility index (Phi) is 6.15. The number of hydrogen-bond donors (Lipinski definition) is 3. The lowest BCUT2D eigenvalue weighted by Crippen LogP contribution is -2.27. The summed E-state index contributed by atoms with van der Waals surface area (Å²) in [6.07, 6.45) is 0.652. The van der Waals surface area contributed by atoms with Gasteiger partial charge in [0, 0.05) is 9.79 Å². The zero-order valence-corrected chi connectivity index (χ0v) is 16.2. The maximum atomic E-state index is 10.5. The molecule has 0 radical (unpaired) electrons. The SMILES string of the molecule is CCc1cc(CO[N+](=O)[O-])cc(C2NSc3cc(SN)c(Cl)cc3N2)c1. The Morgan fingerprint density at radius 1 is 1.35 bits per heavy atom. The zero-order chi connectivity index (χ0) is 18.7. The highest BCUT2D eigenvalue weighted by Gasteiger charge is 2.22. The number of fused-ring (bicyclic) bond motifs is 1. The molecule has 7 nitrogen and oxygen atoms in total. The van der Waals surface area contributed by atoms with E-state index in [-0.39, 0.29) is 12.8 Å². The fraction of sp³-hybridized carbons (Fsp3) is 0.250. The van der Waals surface area contributed by atoms with E-state index in [0.29, 0.717) is 5.02 Å². The number of benzene rings is 2. The molecule has 2 aromatic rings. The molecule has 0 amide bonds. The van der Waals surface area contributed by atoms with E-state index in [2.05, 4.69) is 20.9 Å². The lowest BCUT2D eigenvalue weighted by atomic mass is 10.0.